The molecule has 0 radical (unpaired) electrons. The van der Waals surface area contributed by atoms with Crippen molar-refractivity contribution >= 4 is 11.6 Å². The molecule has 82 valence electrons. The van der Waals surface area contributed by atoms with Gasteiger partial charge in [0.1, 0.15) is 5.75 Å². The highest BCUT2D eigenvalue weighted by Gasteiger charge is 2.12. The van der Waals surface area contributed by atoms with Gasteiger partial charge in [-0.15, -0.1) is 0 Å². The van der Waals surface area contributed by atoms with Gasteiger partial charge in [-0.3, -0.25) is 10.2 Å². The SMILES string of the molecule is COc1cccc(C(=O)NN(C)C)c1N. The van der Waals surface area contributed by atoms with E-state index in [1.165, 1.54) is 7.11 Å². The zero-order valence-corrected chi connectivity index (χ0v) is 9.07. The van der Waals surface area contributed by atoms with Crippen LogP contribution >= 0.6 is 0 Å². The first-order chi connectivity index (χ1) is 7.06. The van der Waals surface area contributed by atoms with Gasteiger partial charge in [-0.05, 0) is 12.1 Å². The maximum absolute atomic E-state index is 11.7. The maximum Gasteiger partial charge on any atom is 0.267 e. The summed E-state index contributed by atoms with van der Waals surface area (Å²) >= 11 is 0. The number of nitrogens with two attached hydrogens (primary N) is 1. The number of hydrazine groups is 1. The minimum absolute atomic E-state index is 0.253. The number of methoxy groups -OCH3 is 1. The van der Waals surface area contributed by atoms with Crippen molar-refractivity contribution in [3.05, 3.63) is 23.8 Å². The van der Waals surface area contributed by atoms with Crippen molar-refractivity contribution < 1.29 is 9.53 Å². The summed E-state index contributed by atoms with van der Waals surface area (Å²) in [6, 6.07) is 5.08. The highest BCUT2D eigenvalue weighted by atomic mass is 16.5. The molecule has 0 fully saturated rings. The number of benzene rings is 1. The summed E-state index contributed by atoms with van der Waals surface area (Å²) in [4.78, 5) is 11.7. The lowest BCUT2D eigenvalue weighted by atomic mass is 10.1. The summed E-state index contributed by atoms with van der Waals surface area (Å²) in [5.74, 6) is 0.248. The Morgan fingerprint density at radius 1 is 1.47 bits per heavy atom. The lowest BCUT2D eigenvalue weighted by molar-refractivity contribution is 0.0857. The Labute approximate surface area is 88.8 Å². The van der Waals surface area contributed by atoms with E-state index in [4.69, 9.17) is 10.5 Å². The predicted octanol–water partition coefficient (Wildman–Crippen LogP) is 0.484. The second-order valence-electron chi connectivity index (χ2n) is 3.26. The van der Waals surface area contributed by atoms with Crippen molar-refractivity contribution in [2.45, 2.75) is 0 Å². The molecule has 0 aliphatic heterocycles. The van der Waals surface area contributed by atoms with E-state index in [9.17, 15) is 4.79 Å². The highest BCUT2D eigenvalue weighted by Crippen LogP contribution is 2.24. The summed E-state index contributed by atoms with van der Waals surface area (Å²) in [6.07, 6.45) is 0. The lowest BCUT2D eigenvalue weighted by Gasteiger charge is -2.14. The fourth-order valence-electron chi connectivity index (χ4n) is 1.18. The number of ether oxygens (including phenoxy) is 1. The Morgan fingerprint density at radius 2 is 2.13 bits per heavy atom. The average molecular weight is 209 g/mol. The van der Waals surface area contributed by atoms with Gasteiger partial charge in [-0.1, -0.05) is 6.07 Å². The van der Waals surface area contributed by atoms with Gasteiger partial charge in [0.2, 0.25) is 0 Å². The molecule has 5 heteroatoms. The third-order valence-electron chi connectivity index (χ3n) is 1.86. The first kappa shape index (κ1) is 11.3. The second kappa shape index (κ2) is 4.65. The number of amides is 1. The topological polar surface area (TPSA) is 67.6 Å². The van der Waals surface area contributed by atoms with Crippen LogP contribution in [0, 0.1) is 0 Å². The molecule has 0 atom stereocenters. The largest absolute Gasteiger partial charge is 0.495 e. The molecule has 5 nitrogen and oxygen atoms in total. The molecule has 0 heterocycles. The molecule has 1 amide bonds. The fraction of sp³-hybridized carbons (Fsp3) is 0.300. The summed E-state index contributed by atoms with van der Waals surface area (Å²) < 4.78 is 5.02. The smallest absolute Gasteiger partial charge is 0.267 e. The monoisotopic (exact) mass is 209 g/mol. The quantitative estimate of drug-likeness (QED) is 0.561. The minimum atomic E-state index is -0.253. The molecule has 1 rings (SSSR count). The van der Waals surface area contributed by atoms with Crippen LogP contribution in [0.3, 0.4) is 0 Å². The van der Waals surface area contributed by atoms with E-state index in [1.807, 2.05) is 0 Å². The molecule has 0 aliphatic carbocycles. The number of para-hydroxylation sites is 1. The normalized spacial score (nSPS) is 10.1. The van der Waals surface area contributed by atoms with E-state index < -0.39 is 0 Å². The van der Waals surface area contributed by atoms with Crippen LogP contribution in [0.2, 0.25) is 0 Å². The fourth-order valence-corrected chi connectivity index (χ4v) is 1.18. The van der Waals surface area contributed by atoms with Gasteiger partial charge in [-0.2, -0.15) is 0 Å². The van der Waals surface area contributed by atoms with Crippen LogP contribution in [0.15, 0.2) is 18.2 Å². The van der Waals surface area contributed by atoms with E-state index in [2.05, 4.69) is 5.43 Å². The molecule has 0 saturated heterocycles. The number of carbonyl (C=O) groups is 1. The molecule has 0 aliphatic rings. The predicted molar refractivity (Wildman–Crippen MR) is 58.6 cm³/mol. The van der Waals surface area contributed by atoms with Gasteiger partial charge in [0.15, 0.2) is 0 Å². The lowest BCUT2D eigenvalue weighted by Crippen LogP contribution is -2.36. The zero-order chi connectivity index (χ0) is 11.4. The highest BCUT2D eigenvalue weighted by molar-refractivity contribution is 6.00. The summed E-state index contributed by atoms with van der Waals surface area (Å²) in [7, 11) is 4.97. The number of hydrogen-bond acceptors (Lipinski definition) is 4. The van der Waals surface area contributed by atoms with Crippen LogP contribution in [0.1, 0.15) is 10.4 Å². The number of carbonyl (C=O) groups excluding carboxylic acids is 1. The third-order valence-corrected chi connectivity index (χ3v) is 1.86. The standard InChI is InChI=1S/C10H15N3O2/c1-13(2)12-10(14)7-5-4-6-8(15-3)9(7)11/h4-6H,11H2,1-3H3,(H,12,14). The maximum atomic E-state index is 11.7. The Hall–Kier alpha value is -1.75. The van der Waals surface area contributed by atoms with Crippen molar-refractivity contribution in [1.29, 1.82) is 0 Å². The Bertz CT molecular complexity index is 364. The van der Waals surface area contributed by atoms with Crippen molar-refractivity contribution in [3.63, 3.8) is 0 Å². The van der Waals surface area contributed by atoms with Crippen LogP contribution < -0.4 is 15.9 Å². The molecule has 1 aromatic rings. The molecule has 1 aromatic carbocycles. The minimum Gasteiger partial charge on any atom is -0.495 e. The zero-order valence-electron chi connectivity index (χ0n) is 9.07. The van der Waals surface area contributed by atoms with Gasteiger partial charge >= 0.3 is 0 Å². The number of nitrogens with one attached hydrogen (secondary N) is 1. The van der Waals surface area contributed by atoms with Gasteiger partial charge in [0.25, 0.3) is 5.91 Å². The van der Waals surface area contributed by atoms with Crippen molar-refractivity contribution in [1.82, 2.24) is 10.4 Å². The first-order valence-electron chi connectivity index (χ1n) is 4.47. The summed E-state index contributed by atoms with van der Waals surface area (Å²) in [5, 5.41) is 1.56. The van der Waals surface area contributed by atoms with E-state index in [-0.39, 0.29) is 5.91 Å². The van der Waals surface area contributed by atoms with Gasteiger partial charge in [-0.25, -0.2) is 5.01 Å². The third kappa shape index (κ3) is 2.60. The first-order valence-corrected chi connectivity index (χ1v) is 4.47. The van der Waals surface area contributed by atoms with Gasteiger partial charge in [0, 0.05) is 14.1 Å². The summed E-state index contributed by atoms with van der Waals surface area (Å²) in [5.41, 5.74) is 9.13. The Morgan fingerprint density at radius 3 is 2.67 bits per heavy atom. The molecule has 0 bridgehead atoms. The molecule has 0 unspecified atom stereocenters. The number of hydrogen-bond donors (Lipinski definition) is 2. The number of nitrogen functional groups attached to an aromatic ring is 1. The Kier molecular flexibility index (Phi) is 3.51. The molecule has 15 heavy (non-hydrogen) atoms. The van der Waals surface area contributed by atoms with Crippen molar-refractivity contribution in [3.8, 4) is 5.75 Å². The van der Waals surface area contributed by atoms with E-state index in [0.717, 1.165) is 0 Å². The van der Waals surface area contributed by atoms with Crippen LogP contribution in [-0.4, -0.2) is 32.1 Å². The van der Waals surface area contributed by atoms with Crippen molar-refractivity contribution in [2.75, 3.05) is 26.9 Å². The Balaban J connectivity index is 2.99. The molecule has 0 aromatic heterocycles. The van der Waals surface area contributed by atoms with Crippen LogP contribution in [0.4, 0.5) is 5.69 Å². The molecule has 0 spiro atoms. The molecular formula is C10H15N3O2. The molecular weight excluding hydrogens is 194 g/mol. The van der Waals surface area contributed by atoms with E-state index >= 15 is 0 Å². The molecule has 3 N–H and O–H groups in total. The van der Waals surface area contributed by atoms with E-state index in [1.54, 1.807) is 37.3 Å². The number of anilines is 1. The average Bonchev–Trinajstić information content (AvgIpc) is 2.17. The summed E-state index contributed by atoms with van der Waals surface area (Å²) in [6.45, 7) is 0. The second-order valence-corrected chi connectivity index (χ2v) is 3.26. The van der Waals surface area contributed by atoms with E-state index in [0.29, 0.717) is 17.0 Å². The van der Waals surface area contributed by atoms with Crippen molar-refractivity contribution in [2.24, 2.45) is 0 Å². The number of nitrogens with zero attached hydrogens (tertiary/aromatic N) is 1. The molecule has 0 saturated carbocycles. The van der Waals surface area contributed by atoms with Gasteiger partial charge in [0.05, 0.1) is 18.4 Å². The number of rotatable bonds is 3. The van der Waals surface area contributed by atoms with Gasteiger partial charge < -0.3 is 10.5 Å². The van der Waals surface area contributed by atoms with Crippen LogP contribution in [-0.2, 0) is 0 Å². The van der Waals surface area contributed by atoms with Crippen LogP contribution in [0.5, 0.6) is 5.75 Å². The van der Waals surface area contributed by atoms with Crippen LogP contribution in [0.25, 0.3) is 0 Å².